The van der Waals surface area contributed by atoms with Crippen molar-refractivity contribution in [2.75, 3.05) is 6.61 Å². The number of hydrogen-bond donors (Lipinski definition) is 0. The van der Waals surface area contributed by atoms with Gasteiger partial charge < -0.3 is 9.15 Å². The van der Waals surface area contributed by atoms with Gasteiger partial charge in [-0.2, -0.15) is 0 Å². The van der Waals surface area contributed by atoms with Crippen LogP contribution in [0.4, 0.5) is 0 Å². The number of thiazole rings is 1. The molecule has 0 unspecified atom stereocenters. The zero-order chi connectivity index (χ0) is 22.3. The first-order valence-electron chi connectivity index (χ1n) is 9.20. The van der Waals surface area contributed by atoms with Crippen LogP contribution in [0.2, 0.25) is 5.02 Å². The third kappa shape index (κ3) is 4.33. The van der Waals surface area contributed by atoms with Gasteiger partial charge in [0.25, 0.3) is 5.56 Å². The fourth-order valence-corrected chi connectivity index (χ4v) is 5.18. The van der Waals surface area contributed by atoms with Gasteiger partial charge in [0.2, 0.25) is 0 Å². The molecule has 31 heavy (non-hydrogen) atoms. The summed E-state index contributed by atoms with van der Waals surface area (Å²) >= 11 is 12.8. The van der Waals surface area contributed by atoms with E-state index < -0.39 is 12.0 Å². The number of carbonyl (C=O) groups excluding carboxylic acids is 1. The minimum Gasteiger partial charge on any atom is -0.463 e. The summed E-state index contributed by atoms with van der Waals surface area (Å²) in [6.07, 6.45) is 1.68. The smallest absolute Gasteiger partial charge is 0.338 e. The molecule has 0 fully saturated rings. The minimum atomic E-state index is -0.668. The number of carbonyl (C=O) groups is 1. The van der Waals surface area contributed by atoms with Crippen molar-refractivity contribution < 1.29 is 13.9 Å². The van der Waals surface area contributed by atoms with Gasteiger partial charge in [-0.05, 0) is 53.5 Å². The number of aromatic nitrogens is 1. The van der Waals surface area contributed by atoms with Crippen molar-refractivity contribution in [2.24, 2.45) is 4.99 Å². The van der Waals surface area contributed by atoms with Gasteiger partial charge in [0.05, 0.1) is 32.9 Å². The maximum Gasteiger partial charge on any atom is 0.338 e. The molecule has 10 heteroatoms. The molecule has 2 aromatic heterocycles. The summed E-state index contributed by atoms with van der Waals surface area (Å²) in [5.41, 5.74) is 1.32. The molecule has 1 aliphatic heterocycles. The third-order valence-corrected chi connectivity index (χ3v) is 8.01. The average molecular weight is 634 g/mol. The SMILES string of the molecule is CCOC(=O)C1=C(C)N=c2s/c(=C/c3cc(Br)c(I)o3)c(=O)n2[C@@H]1c1ccc(Cl)cc1. The van der Waals surface area contributed by atoms with E-state index in [4.69, 9.17) is 20.8 Å². The molecule has 0 radical (unpaired) electrons. The Balaban J connectivity index is 1.96. The van der Waals surface area contributed by atoms with Gasteiger partial charge in [0.15, 0.2) is 8.57 Å². The normalized spacial score (nSPS) is 16.3. The van der Waals surface area contributed by atoms with E-state index in [2.05, 4.69) is 43.5 Å². The maximum atomic E-state index is 13.4. The molecule has 6 nitrogen and oxygen atoms in total. The van der Waals surface area contributed by atoms with Gasteiger partial charge >= 0.3 is 5.97 Å². The number of ether oxygens (including phenoxy) is 1. The largest absolute Gasteiger partial charge is 0.463 e. The number of benzene rings is 1. The molecule has 0 N–H and O–H groups in total. The number of rotatable bonds is 4. The third-order valence-electron chi connectivity index (χ3n) is 4.64. The maximum absolute atomic E-state index is 13.4. The van der Waals surface area contributed by atoms with Crippen LogP contribution in [0, 0.1) is 3.77 Å². The molecule has 3 aromatic rings. The van der Waals surface area contributed by atoms with Crippen LogP contribution in [0.1, 0.15) is 31.2 Å². The Labute approximate surface area is 208 Å². The van der Waals surface area contributed by atoms with Crippen LogP contribution in [-0.4, -0.2) is 17.1 Å². The molecular weight excluding hydrogens is 619 g/mol. The van der Waals surface area contributed by atoms with Crippen LogP contribution < -0.4 is 14.9 Å². The van der Waals surface area contributed by atoms with Crippen molar-refractivity contribution in [3.8, 4) is 0 Å². The Hall–Kier alpha value is -1.69. The monoisotopic (exact) mass is 632 g/mol. The molecule has 0 aliphatic carbocycles. The molecule has 4 rings (SSSR count). The second-order valence-electron chi connectivity index (χ2n) is 6.62. The minimum absolute atomic E-state index is 0.222. The Morgan fingerprint density at radius 3 is 2.74 bits per heavy atom. The average Bonchev–Trinajstić information content (AvgIpc) is 3.20. The second-order valence-corrected chi connectivity index (χ2v) is 9.90. The highest BCUT2D eigenvalue weighted by Crippen LogP contribution is 2.31. The van der Waals surface area contributed by atoms with Gasteiger partial charge in [-0.25, -0.2) is 9.79 Å². The summed E-state index contributed by atoms with van der Waals surface area (Å²) in [4.78, 5) is 31.3. The molecule has 1 atom stereocenters. The van der Waals surface area contributed by atoms with Crippen LogP contribution in [0.25, 0.3) is 6.08 Å². The summed E-state index contributed by atoms with van der Waals surface area (Å²) < 4.78 is 14.4. The number of furan rings is 1. The highest BCUT2D eigenvalue weighted by atomic mass is 127. The molecule has 0 spiro atoms. The quantitative estimate of drug-likeness (QED) is 0.315. The van der Waals surface area contributed by atoms with Crippen molar-refractivity contribution in [3.63, 3.8) is 0 Å². The van der Waals surface area contributed by atoms with E-state index in [0.29, 0.717) is 35.2 Å². The first-order chi connectivity index (χ1) is 14.8. The van der Waals surface area contributed by atoms with Crippen molar-refractivity contribution in [2.45, 2.75) is 19.9 Å². The molecular formula is C21H15BrClIN2O4S. The van der Waals surface area contributed by atoms with Gasteiger partial charge in [-0.15, -0.1) is 0 Å². The Morgan fingerprint density at radius 1 is 1.42 bits per heavy atom. The molecule has 160 valence electrons. The molecule has 1 aliphatic rings. The van der Waals surface area contributed by atoms with E-state index in [1.165, 1.54) is 15.9 Å². The fraction of sp³-hybridized carbons (Fsp3) is 0.190. The van der Waals surface area contributed by atoms with Crippen LogP contribution >= 0.6 is 61.5 Å². The van der Waals surface area contributed by atoms with Crippen LogP contribution in [0.15, 0.2) is 60.3 Å². The number of nitrogens with zero attached hydrogens (tertiary/aromatic N) is 2. The van der Waals surface area contributed by atoms with Crippen molar-refractivity contribution in [3.05, 3.63) is 85.9 Å². The van der Waals surface area contributed by atoms with Gasteiger partial charge in [-0.3, -0.25) is 9.36 Å². The summed E-state index contributed by atoms with van der Waals surface area (Å²) in [5, 5.41) is 0.563. The zero-order valence-corrected chi connectivity index (χ0v) is 21.6. The van der Waals surface area contributed by atoms with Crippen molar-refractivity contribution in [1.29, 1.82) is 0 Å². The highest BCUT2D eigenvalue weighted by Gasteiger charge is 2.33. The van der Waals surface area contributed by atoms with Crippen molar-refractivity contribution in [1.82, 2.24) is 4.57 Å². The lowest BCUT2D eigenvalue weighted by molar-refractivity contribution is -0.139. The number of allylic oxidation sites excluding steroid dienone is 1. The lowest BCUT2D eigenvalue weighted by Crippen LogP contribution is -2.39. The Bertz CT molecular complexity index is 1370. The Kier molecular flexibility index (Phi) is 6.57. The lowest BCUT2D eigenvalue weighted by atomic mass is 9.96. The second kappa shape index (κ2) is 9.05. The fourth-order valence-electron chi connectivity index (χ4n) is 3.32. The van der Waals surface area contributed by atoms with E-state index in [1.807, 2.05) is 0 Å². The summed E-state index contributed by atoms with van der Waals surface area (Å²) in [5.74, 6) is 0.0495. The molecule has 0 amide bonds. The van der Waals surface area contributed by atoms with E-state index in [-0.39, 0.29) is 12.2 Å². The molecule has 0 saturated carbocycles. The van der Waals surface area contributed by atoms with Gasteiger partial charge in [0.1, 0.15) is 5.76 Å². The van der Waals surface area contributed by atoms with E-state index in [9.17, 15) is 9.59 Å². The number of fused-ring (bicyclic) bond motifs is 1. The first kappa shape index (κ1) is 22.5. The summed E-state index contributed by atoms with van der Waals surface area (Å²) in [6, 6.07) is 8.19. The first-order valence-corrected chi connectivity index (χ1v) is 12.3. The molecule has 1 aromatic carbocycles. The summed E-state index contributed by atoms with van der Waals surface area (Å²) in [7, 11) is 0. The Morgan fingerprint density at radius 2 is 2.13 bits per heavy atom. The number of halogens is 3. The molecule has 0 bridgehead atoms. The highest BCUT2D eigenvalue weighted by molar-refractivity contribution is 14.1. The predicted octanol–water partition coefficient (Wildman–Crippen LogP) is 4.41. The van der Waals surface area contributed by atoms with Gasteiger partial charge in [-0.1, -0.05) is 35.1 Å². The van der Waals surface area contributed by atoms with Crippen LogP contribution in [0.5, 0.6) is 0 Å². The lowest BCUT2D eigenvalue weighted by Gasteiger charge is -2.24. The van der Waals surface area contributed by atoms with E-state index in [0.717, 1.165) is 10.0 Å². The van der Waals surface area contributed by atoms with Crippen LogP contribution in [-0.2, 0) is 9.53 Å². The van der Waals surface area contributed by atoms with E-state index >= 15 is 0 Å². The summed E-state index contributed by atoms with van der Waals surface area (Å²) in [6.45, 7) is 3.71. The standard InChI is InChI=1S/C21H15BrClIN2O4S/c1-3-29-20(28)16-10(2)25-21-26(17(16)11-4-6-12(23)7-5-11)19(27)15(31-21)9-13-8-14(22)18(24)30-13/h4-9,17H,3H2,1-2H3/b15-9+/t17-/m1/s1. The van der Waals surface area contributed by atoms with Crippen molar-refractivity contribution >= 4 is 73.5 Å². The number of esters is 1. The van der Waals surface area contributed by atoms with E-state index in [1.54, 1.807) is 50.3 Å². The molecule has 3 heterocycles. The molecule has 0 saturated heterocycles. The van der Waals surface area contributed by atoms with Gasteiger partial charge in [0, 0.05) is 33.7 Å². The van der Waals surface area contributed by atoms with Crippen LogP contribution in [0.3, 0.4) is 0 Å². The zero-order valence-electron chi connectivity index (χ0n) is 16.3. The topological polar surface area (TPSA) is 73.8 Å². The predicted molar refractivity (Wildman–Crippen MR) is 131 cm³/mol. The number of hydrogen-bond acceptors (Lipinski definition) is 6.